The molecule has 8 aromatic carbocycles. The van der Waals surface area contributed by atoms with Crippen LogP contribution in [0.2, 0.25) is 0 Å². The molecular weight excluding hydrogens is 655 g/mol. The summed E-state index contributed by atoms with van der Waals surface area (Å²) in [6, 6.07) is 59.7. The molecule has 0 aliphatic heterocycles. The van der Waals surface area contributed by atoms with Crippen molar-refractivity contribution in [2.24, 2.45) is 0 Å². The molecule has 2 nitrogen and oxygen atoms in total. The van der Waals surface area contributed by atoms with Gasteiger partial charge in [0.05, 0.1) is 5.69 Å². The fourth-order valence-electron chi connectivity index (χ4n) is 9.94. The van der Waals surface area contributed by atoms with Gasteiger partial charge in [-0.1, -0.05) is 161 Å². The van der Waals surface area contributed by atoms with Gasteiger partial charge >= 0.3 is 0 Å². The lowest BCUT2D eigenvalue weighted by molar-refractivity contribution is 0.601. The summed E-state index contributed by atoms with van der Waals surface area (Å²) in [7, 11) is 0. The summed E-state index contributed by atoms with van der Waals surface area (Å²) in [6.07, 6.45) is 0. The Labute approximate surface area is 315 Å². The first-order valence-electron chi connectivity index (χ1n) is 19.0. The summed E-state index contributed by atoms with van der Waals surface area (Å²) in [4.78, 5) is 2.38. The number of furan rings is 1. The standard InChI is InChI=1S/C52H39NO/c1-51(2)43-30-25-33-17-11-12-20-36(33)46(43)42-29-28-39-38-27-26-35(31-44(38)52(3,4)47(39)48(42)51)53(34-18-9-6-10-19-34)45-24-14-23-41-40-22-13-21-37(49(40)54-50(41)45)32-15-7-5-8-16-32/h5-31H,1-4H3. The molecule has 0 bridgehead atoms. The Morgan fingerprint density at radius 1 is 0.426 bits per heavy atom. The third kappa shape index (κ3) is 4.17. The molecule has 9 aromatic rings. The highest BCUT2D eigenvalue weighted by Gasteiger charge is 2.46. The van der Waals surface area contributed by atoms with Crippen molar-refractivity contribution in [3.05, 3.63) is 186 Å². The van der Waals surface area contributed by atoms with Gasteiger partial charge in [-0.25, -0.2) is 0 Å². The summed E-state index contributed by atoms with van der Waals surface area (Å²) >= 11 is 0. The van der Waals surface area contributed by atoms with Crippen LogP contribution in [0.3, 0.4) is 0 Å². The predicted octanol–water partition coefficient (Wildman–Crippen LogP) is 14.5. The number of benzene rings is 8. The molecule has 11 rings (SSSR count). The van der Waals surface area contributed by atoms with Gasteiger partial charge in [0.2, 0.25) is 0 Å². The van der Waals surface area contributed by atoms with Crippen LogP contribution < -0.4 is 4.90 Å². The SMILES string of the molecule is CC1(C)c2cc(N(c3ccccc3)c3cccc4c3oc3c(-c5ccccc5)cccc34)ccc2-c2ccc3c(c21)C(C)(C)c1ccc2ccccc2c1-3. The van der Waals surface area contributed by atoms with E-state index in [-0.39, 0.29) is 10.8 Å². The first kappa shape index (κ1) is 31.2. The van der Waals surface area contributed by atoms with E-state index < -0.39 is 0 Å². The van der Waals surface area contributed by atoms with Gasteiger partial charge in [0, 0.05) is 38.5 Å². The van der Waals surface area contributed by atoms with E-state index in [1.54, 1.807) is 0 Å². The first-order chi connectivity index (χ1) is 26.3. The highest BCUT2D eigenvalue weighted by Crippen LogP contribution is 2.60. The minimum absolute atomic E-state index is 0.131. The molecule has 0 unspecified atom stereocenters. The maximum Gasteiger partial charge on any atom is 0.159 e. The minimum Gasteiger partial charge on any atom is -0.453 e. The Balaban J connectivity index is 1.11. The predicted molar refractivity (Wildman–Crippen MR) is 226 cm³/mol. The zero-order valence-electron chi connectivity index (χ0n) is 30.9. The van der Waals surface area contributed by atoms with Crippen LogP contribution in [0.4, 0.5) is 17.1 Å². The number of hydrogen-bond donors (Lipinski definition) is 0. The Kier molecular flexibility index (Phi) is 6.39. The topological polar surface area (TPSA) is 16.4 Å². The fourth-order valence-corrected chi connectivity index (χ4v) is 9.94. The molecule has 0 N–H and O–H groups in total. The summed E-state index contributed by atoms with van der Waals surface area (Å²) in [5.41, 5.74) is 18.1. The summed E-state index contributed by atoms with van der Waals surface area (Å²) in [5, 5.41) is 4.87. The molecule has 0 atom stereocenters. The highest BCUT2D eigenvalue weighted by molar-refractivity contribution is 6.13. The molecule has 0 radical (unpaired) electrons. The van der Waals surface area contributed by atoms with Crippen molar-refractivity contribution in [1.29, 1.82) is 0 Å². The number of rotatable bonds is 4. The largest absolute Gasteiger partial charge is 0.453 e. The molecule has 1 aromatic heterocycles. The number of fused-ring (bicyclic) bond motifs is 12. The molecule has 258 valence electrons. The zero-order valence-corrected chi connectivity index (χ0v) is 30.9. The average molecular weight is 694 g/mol. The van der Waals surface area contributed by atoms with Crippen LogP contribution in [0, 0.1) is 0 Å². The van der Waals surface area contributed by atoms with E-state index in [0.717, 1.165) is 50.1 Å². The van der Waals surface area contributed by atoms with E-state index >= 15 is 0 Å². The normalized spacial score (nSPS) is 14.6. The molecule has 0 fully saturated rings. The van der Waals surface area contributed by atoms with Crippen molar-refractivity contribution >= 4 is 49.8 Å². The van der Waals surface area contributed by atoms with Crippen LogP contribution in [0.15, 0.2) is 168 Å². The van der Waals surface area contributed by atoms with E-state index in [2.05, 4.69) is 196 Å². The van der Waals surface area contributed by atoms with Crippen molar-refractivity contribution < 1.29 is 4.42 Å². The quantitative estimate of drug-likeness (QED) is 0.182. The van der Waals surface area contributed by atoms with Gasteiger partial charge in [-0.15, -0.1) is 0 Å². The first-order valence-corrected chi connectivity index (χ1v) is 19.0. The molecule has 54 heavy (non-hydrogen) atoms. The maximum atomic E-state index is 6.97. The highest BCUT2D eigenvalue weighted by atomic mass is 16.3. The van der Waals surface area contributed by atoms with Gasteiger partial charge in [-0.05, 0) is 91.2 Å². The number of anilines is 3. The third-order valence-electron chi connectivity index (χ3n) is 12.4. The van der Waals surface area contributed by atoms with Crippen LogP contribution in [0.5, 0.6) is 0 Å². The number of nitrogens with zero attached hydrogens (tertiary/aromatic N) is 1. The van der Waals surface area contributed by atoms with Crippen molar-refractivity contribution in [2.75, 3.05) is 4.90 Å². The van der Waals surface area contributed by atoms with Gasteiger partial charge < -0.3 is 9.32 Å². The molecule has 2 aliphatic carbocycles. The molecule has 2 heteroatoms. The smallest absolute Gasteiger partial charge is 0.159 e. The van der Waals surface area contributed by atoms with Crippen LogP contribution in [-0.2, 0) is 10.8 Å². The van der Waals surface area contributed by atoms with Crippen LogP contribution in [0.1, 0.15) is 49.9 Å². The Bertz CT molecular complexity index is 2980. The molecule has 0 amide bonds. The van der Waals surface area contributed by atoms with Gasteiger partial charge in [0.25, 0.3) is 0 Å². The van der Waals surface area contributed by atoms with Crippen molar-refractivity contribution in [3.8, 4) is 33.4 Å². The lowest BCUT2D eigenvalue weighted by atomic mass is 9.72. The van der Waals surface area contributed by atoms with Gasteiger partial charge in [0.15, 0.2) is 5.58 Å². The second kappa shape index (κ2) is 11.1. The van der Waals surface area contributed by atoms with E-state index in [9.17, 15) is 0 Å². The van der Waals surface area contributed by atoms with Crippen LogP contribution in [0.25, 0.3) is 66.1 Å². The Morgan fingerprint density at radius 2 is 1.06 bits per heavy atom. The monoisotopic (exact) mass is 693 g/mol. The van der Waals surface area contributed by atoms with E-state index in [4.69, 9.17) is 4.42 Å². The molecule has 2 aliphatic rings. The van der Waals surface area contributed by atoms with Crippen molar-refractivity contribution in [3.63, 3.8) is 0 Å². The van der Waals surface area contributed by atoms with Crippen LogP contribution >= 0.6 is 0 Å². The molecule has 0 saturated carbocycles. The van der Waals surface area contributed by atoms with E-state index in [1.807, 2.05) is 0 Å². The fraction of sp³-hybridized carbons (Fsp3) is 0.115. The second-order valence-electron chi connectivity index (χ2n) is 16.1. The summed E-state index contributed by atoms with van der Waals surface area (Å²) < 4.78 is 6.97. The average Bonchev–Trinajstić information content (AvgIpc) is 3.79. The van der Waals surface area contributed by atoms with Crippen molar-refractivity contribution in [1.82, 2.24) is 0 Å². The van der Waals surface area contributed by atoms with Gasteiger partial charge in [0.1, 0.15) is 5.58 Å². The number of hydrogen-bond acceptors (Lipinski definition) is 2. The van der Waals surface area contributed by atoms with E-state index in [1.165, 1.54) is 55.3 Å². The summed E-state index contributed by atoms with van der Waals surface area (Å²) in [5.74, 6) is 0. The maximum absolute atomic E-state index is 6.97. The zero-order chi connectivity index (χ0) is 36.3. The lowest BCUT2D eigenvalue weighted by Gasteiger charge is -2.31. The minimum atomic E-state index is -0.223. The lowest BCUT2D eigenvalue weighted by Crippen LogP contribution is -2.24. The Morgan fingerprint density at radius 3 is 1.87 bits per heavy atom. The van der Waals surface area contributed by atoms with Gasteiger partial charge in [-0.2, -0.15) is 0 Å². The molecular formula is C52H39NO. The van der Waals surface area contributed by atoms with E-state index in [0.29, 0.717) is 0 Å². The second-order valence-corrected chi connectivity index (χ2v) is 16.1. The third-order valence-corrected chi connectivity index (χ3v) is 12.4. The molecule has 0 spiro atoms. The van der Waals surface area contributed by atoms with Crippen molar-refractivity contribution in [2.45, 2.75) is 38.5 Å². The molecule has 1 heterocycles. The number of para-hydroxylation sites is 3. The molecule has 0 saturated heterocycles. The van der Waals surface area contributed by atoms with Crippen LogP contribution in [-0.4, -0.2) is 0 Å². The summed E-state index contributed by atoms with van der Waals surface area (Å²) in [6.45, 7) is 9.70. The Hall–Kier alpha value is -6.38. The van der Waals surface area contributed by atoms with Gasteiger partial charge in [-0.3, -0.25) is 0 Å².